The van der Waals surface area contributed by atoms with Crippen LogP contribution in [-0.2, 0) is 14.3 Å². The van der Waals surface area contributed by atoms with Gasteiger partial charge in [-0.1, -0.05) is 41.6 Å². The first-order chi connectivity index (χ1) is 12.5. The molecule has 1 saturated heterocycles. The largest absolute Gasteiger partial charge is 0.468 e. The third-order valence-electron chi connectivity index (χ3n) is 3.67. The van der Waals surface area contributed by atoms with Crippen LogP contribution in [0.15, 0.2) is 34.3 Å². The Morgan fingerprint density at radius 2 is 1.96 bits per heavy atom. The summed E-state index contributed by atoms with van der Waals surface area (Å²) in [6.45, 7) is 3.96. The van der Waals surface area contributed by atoms with Gasteiger partial charge in [-0.3, -0.25) is 4.79 Å². The highest BCUT2D eigenvalue weighted by atomic mass is 32.2. The van der Waals surface area contributed by atoms with Crippen LogP contribution < -0.4 is 5.73 Å². The normalized spacial score (nSPS) is 16.5. The molecule has 26 heavy (non-hydrogen) atoms. The van der Waals surface area contributed by atoms with Gasteiger partial charge in [0, 0.05) is 13.1 Å². The smallest absolute Gasteiger partial charge is 0.345 e. The Kier molecular flexibility index (Phi) is 7.61. The molecule has 0 aromatic heterocycles. The van der Waals surface area contributed by atoms with Gasteiger partial charge in [0.25, 0.3) is 0 Å². The van der Waals surface area contributed by atoms with Crippen molar-refractivity contribution in [1.29, 1.82) is 0 Å². The maximum absolute atomic E-state index is 12.1. The number of carbonyl (C=O) groups is 2. The Labute approximate surface area is 156 Å². The number of methoxy groups -OCH3 is 1. The molecule has 0 spiro atoms. The molecule has 1 aliphatic heterocycles. The summed E-state index contributed by atoms with van der Waals surface area (Å²) in [6, 6.07) is 7.10. The number of benzene rings is 1. The molecule has 0 aliphatic carbocycles. The third-order valence-corrected chi connectivity index (χ3v) is 4.72. The van der Waals surface area contributed by atoms with Gasteiger partial charge in [0.1, 0.15) is 11.6 Å². The lowest BCUT2D eigenvalue weighted by molar-refractivity contribution is -0.140. The first kappa shape index (κ1) is 19.9. The van der Waals surface area contributed by atoms with Crippen molar-refractivity contribution >= 4 is 35.3 Å². The summed E-state index contributed by atoms with van der Waals surface area (Å²) in [5.41, 5.74) is 7.71. The first-order valence-electron chi connectivity index (χ1n) is 8.04. The molecule has 0 bridgehead atoms. The van der Waals surface area contributed by atoms with Crippen LogP contribution in [-0.4, -0.2) is 61.8 Å². The van der Waals surface area contributed by atoms with Gasteiger partial charge >= 0.3 is 12.0 Å². The first-order valence-corrected chi connectivity index (χ1v) is 8.92. The highest BCUT2D eigenvalue weighted by Gasteiger charge is 2.23. The number of aryl methyl sites for hydroxylation is 1. The summed E-state index contributed by atoms with van der Waals surface area (Å²) in [4.78, 5) is 33.2. The summed E-state index contributed by atoms with van der Waals surface area (Å²) in [5, 5.41) is -0.535. The Morgan fingerprint density at radius 1 is 1.31 bits per heavy atom. The third kappa shape index (κ3) is 5.85. The minimum Gasteiger partial charge on any atom is -0.468 e. The average molecular weight is 378 g/mol. The van der Waals surface area contributed by atoms with Crippen molar-refractivity contribution in [3.8, 4) is 0 Å². The number of hydrogen-bond donors (Lipinski definition) is 1. The number of amidine groups is 1. The predicted octanol–water partition coefficient (Wildman–Crippen LogP) is 1.74. The Balaban J connectivity index is 2.01. The number of esters is 1. The number of nitrogens with zero attached hydrogens (tertiary/aromatic N) is 3. The zero-order valence-electron chi connectivity index (χ0n) is 14.8. The Hall–Kier alpha value is -2.39. The summed E-state index contributed by atoms with van der Waals surface area (Å²) in [6.07, 6.45) is 1.10. The van der Waals surface area contributed by atoms with Crippen molar-refractivity contribution < 1.29 is 19.1 Å². The van der Waals surface area contributed by atoms with Crippen LogP contribution in [0.2, 0.25) is 0 Å². The number of urea groups is 1. The molecule has 1 atom stereocenters. The molecule has 2 rings (SSSR count). The zero-order valence-corrected chi connectivity index (χ0v) is 15.6. The second-order valence-corrected chi connectivity index (χ2v) is 6.65. The highest BCUT2D eigenvalue weighted by Crippen LogP contribution is 2.30. The van der Waals surface area contributed by atoms with Gasteiger partial charge in [-0.2, -0.15) is 4.99 Å². The van der Waals surface area contributed by atoms with E-state index in [2.05, 4.69) is 9.98 Å². The number of aliphatic imine (C=N–C) groups is 2. The van der Waals surface area contributed by atoms with Gasteiger partial charge in [-0.05, 0) is 12.5 Å². The van der Waals surface area contributed by atoms with Crippen LogP contribution >= 0.6 is 11.8 Å². The SMILES string of the molecule is COC(=O)C(SC(N)=N/C=N/C(=O)N1CCOCC1)c1ccc(C)cc1. The molecular formula is C17H22N4O4S. The van der Waals surface area contributed by atoms with Crippen molar-refractivity contribution in [2.75, 3.05) is 33.4 Å². The van der Waals surface area contributed by atoms with E-state index >= 15 is 0 Å². The predicted molar refractivity (Wildman–Crippen MR) is 101 cm³/mol. The van der Waals surface area contributed by atoms with Crippen molar-refractivity contribution in [2.24, 2.45) is 15.7 Å². The Morgan fingerprint density at radius 3 is 2.58 bits per heavy atom. The number of amides is 2. The van der Waals surface area contributed by atoms with Crippen LogP contribution in [0.1, 0.15) is 16.4 Å². The Bertz CT molecular complexity index is 685. The molecule has 8 nitrogen and oxygen atoms in total. The van der Waals surface area contributed by atoms with Crippen LogP contribution in [0.3, 0.4) is 0 Å². The fraction of sp³-hybridized carbons (Fsp3) is 0.412. The second-order valence-electron chi connectivity index (χ2n) is 5.53. The molecule has 1 aromatic rings. The van der Waals surface area contributed by atoms with Crippen LogP contribution in [0.4, 0.5) is 4.79 Å². The van der Waals surface area contributed by atoms with Crippen molar-refractivity contribution in [3.63, 3.8) is 0 Å². The van der Waals surface area contributed by atoms with Gasteiger partial charge in [0.15, 0.2) is 5.17 Å². The summed E-state index contributed by atoms with van der Waals surface area (Å²) < 4.78 is 10.0. The van der Waals surface area contributed by atoms with Gasteiger partial charge in [-0.25, -0.2) is 9.79 Å². The van der Waals surface area contributed by atoms with Crippen LogP contribution in [0, 0.1) is 6.92 Å². The van der Waals surface area contributed by atoms with Crippen LogP contribution in [0.5, 0.6) is 0 Å². The molecule has 1 aromatic carbocycles. The van der Waals surface area contributed by atoms with Crippen molar-refractivity contribution in [3.05, 3.63) is 35.4 Å². The van der Waals surface area contributed by atoms with Gasteiger partial charge < -0.3 is 20.1 Å². The fourth-order valence-corrected chi connectivity index (χ4v) is 3.06. The monoisotopic (exact) mass is 378 g/mol. The molecule has 1 fully saturated rings. The molecule has 2 amide bonds. The van der Waals surface area contributed by atoms with Crippen molar-refractivity contribution in [2.45, 2.75) is 12.2 Å². The quantitative estimate of drug-likeness (QED) is 0.486. The van der Waals surface area contributed by atoms with Crippen LogP contribution in [0.25, 0.3) is 0 Å². The van der Waals surface area contributed by atoms with E-state index in [4.69, 9.17) is 15.2 Å². The molecular weight excluding hydrogens is 356 g/mol. The van der Waals surface area contributed by atoms with E-state index in [-0.39, 0.29) is 5.17 Å². The highest BCUT2D eigenvalue weighted by molar-refractivity contribution is 8.14. The van der Waals surface area contributed by atoms with E-state index in [1.807, 2.05) is 31.2 Å². The van der Waals surface area contributed by atoms with E-state index in [1.165, 1.54) is 7.11 Å². The molecule has 0 saturated carbocycles. The maximum atomic E-state index is 12.1. The number of carbonyl (C=O) groups excluding carboxylic acids is 2. The van der Waals surface area contributed by atoms with Crippen molar-refractivity contribution in [1.82, 2.24) is 4.90 Å². The number of nitrogens with two attached hydrogens (primary N) is 1. The molecule has 9 heteroatoms. The number of morpholine rings is 1. The molecule has 140 valence electrons. The number of rotatable bonds is 4. The minimum atomic E-state index is -0.646. The molecule has 0 radical (unpaired) electrons. The van der Waals surface area contributed by atoms with E-state index in [0.29, 0.717) is 26.3 Å². The molecule has 1 aliphatic rings. The fourth-order valence-electron chi connectivity index (χ4n) is 2.22. The lowest BCUT2D eigenvalue weighted by Gasteiger charge is -2.24. The molecule has 2 N–H and O–H groups in total. The lowest BCUT2D eigenvalue weighted by Crippen LogP contribution is -2.39. The molecule has 1 unspecified atom stereocenters. The summed E-state index contributed by atoms with van der Waals surface area (Å²) in [5.74, 6) is -0.432. The number of ether oxygens (including phenoxy) is 2. The summed E-state index contributed by atoms with van der Waals surface area (Å²) in [7, 11) is 1.32. The lowest BCUT2D eigenvalue weighted by atomic mass is 10.1. The van der Waals surface area contributed by atoms with Gasteiger partial charge in [-0.15, -0.1) is 0 Å². The van der Waals surface area contributed by atoms with Gasteiger partial charge in [0.2, 0.25) is 0 Å². The number of hydrogen-bond acceptors (Lipinski definition) is 5. The number of thioether (sulfide) groups is 1. The summed E-state index contributed by atoms with van der Waals surface area (Å²) >= 11 is 1.04. The standard InChI is InChI=1S/C17H22N4O4S/c1-12-3-5-13(6-4-12)14(15(22)24-2)26-16(18)19-11-20-17(23)21-7-9-25-10-8-21/h3-6,11,14H,7-10H2,1-2H3,(H2,18,19,20,23). The van der Waals surface area contributed by atoms with E-state index in [9.17, 15) is 9.59 Å². The van der Waals surface area contributed by atoms with E-state index in [1.54, 1.807) is 4.90 Å². The van der Waals surface area contributed by atoms with Gasteiger partial charge in [0.05, 0.1) is 20.3 Å². The topological polar surface area (TPSA) is 107 Å². The second kappa shape index (κ2) is 9.93. The van der Waals surface area contributed by atoms with E-state index < -0.39 is 17.3 Å². The average Bonchev–Trinajstić information content (AvgIpc) is 2.67. The van der Waals surface area contributed by atoms with E-state index in [0.717, 1.165) is 29.2 Å². The minimum absolute atomic E-state index is 0.111. The zero-order chi connectivity index (χ0) is 18.9. The maximum Gasteiger partial charge on any atom is 0.345 e. The molecule has 1 heterocycles.